The lowest BCUT2D eigenvalue weighted by Gasteiger charge is -2.08. The van der Waals surface area contributed by atoms with Crippen LogP contribution in [0.2, 0.25) is 5.02 Å². The lowest BCUT2D eigenvalue weighted by Crippen LogP contribution is -2.21. The molecule has 1 heterocycles. The minimum absolute atomic E-state index is 0.0189. The third-order valence-corrected chi connectivity index (χ3v) is 3.98. The molecule has 1 aromatic carbocycles. The van der Waals surface area contributed by atoms with Gasteiger partial charge in [-0.1, -0.05) is 29.8 Å². The molecule has 100 valence electrons. The Labute approximate surface area is 115 Å². The van der Waals surface area contributed by atoms with E-state index in [0.717, 1.165) is 0 Å². The smallest absolute Gasteiger partial charge is 0.272 e. The number of nitrogens with one attached hydrogen (secondary N) is 2. The predicted molar refractivity (Wildman–Crippen MR) is 74.8 cm³/mol. The fourth-order valence-electron chi connectivity index (χ4n) is 1.53. The van der Waals surface area contributed by atoms with Gasteiger partial charge in [0.2, 0.25) is 10.0 Å². The first-order valence-corrected chi connectivity index (χ1v) is 7.42. The highest BCUT2D eigenvalue weighted by Crippen LogP contribution is 2.18. The van der Waals surface area contributed by atoms with Gasteiger partial charge in [-0.2, -0.15) is 0 Å². The second kappa shape index (κ2) is 5.46. The molecule has 19 heavy (non-hydrogen) atoms. The number of anilines is 1. The summed E-state index contributed by atoms with van der Waals surface area (Å²) >= 11 is 5.90. The van der Waals surface area contributed by atoms with E-state index in [1.807, 2.05) is 0 Å². The van der Waals surface area contributed by atoms with Crippen molar-refractivity contribution in [1.29, 1.82) is 0 Å². The molecule has 0 unspecified atom stereocenters. The van der Waals surface area contributed by atoms with Crippen molar-refractivity contribution in [3.63, 3.8) is 0 Å². The highest BCUT2D eigenvalue weighted by atomic mass is 35.5. The van der Waals surface area contributed by atoms with E-state index >= 15 is 0 Å². The van der Waals surface area contributed by atoms with Crippen LogP contribution in [0, 0.1) is 0 Å². The van der Waals surface area contributed by atoms with Crippen LogP contribution in [0.15, 0.2) is 47.4 Å². The van der Waals surface area contributed by atoms with E-state index in [-0.39, 0.29) is 11.4 Å². The van der Waals surface area contributed by atoms with Crippen LogP contribution in [0.1, 0.15) is 5.56 Å². The van der Waals surface area contributed by atoms with Gasteiger partial charge in [-0.15, -0.1) is 0 Å². The number of aromatic nitrogens is 1. The Hall–Kier alpha value is -1.79. The highest BCUT2D eigenvalue weighted by Gasteiger charge is 2.15. The zero-order chi connectivity index (χ0) is 13.9. The van der Waals surface area contributed by atoms with E-state index < -0.39 is 15.6 Å². The molecule has 2 N–H and O–H groups in total. The van der Waals surface area contributed by atoms with Gasteiger partial charge in [0.25, 0.3) is 5.56 Å². The molecule has 0 spiro atoms. The van der Waals surface area contributed by atoms with Crippen LogP contribution < -0.4 is 10.3 Å². The second-order valence-corrected chi connectivity index (χ2v) is 5.99. The number of sulfonamides is 1. The van der Waals surface area contributed by atoms with Crippen LogP contribution in [0.3, 0.4) is 0 Å². The number of hydrogen-bond acceptors (Lipinski definition) is 3. The molecule has 0 saturated heterocycles. The molecule has 1 aromatic heterocycles. The maximum Gasteiger partial charge on any atom is 0.272 e. The van der Waals surface area contributed by atoms with Gasteiger partial charge in [0.1, 0.15) is 5.69 Å². The van der Waals surface area contributed by atoms with Crippen LogP contribution >= 0.6 is 11.6 Å². The van der Waals surface area contributed by atoms with Crippen molar-refractivity contribution in [3.8, 4) is 0 Å². The van der Waals surface area contributed by atoms with Crippen LogP contribution in [0.5, 0.6) is 0 Å². The molecule has 0 aliphatic carbocycles. The zero-order valence-electron chi connectivity index (χ0n) is 9.76. The Bertz CT molecular complexity index is 740. The minimum Gasteiger partial charge on any atom is -0.327 e. The first kappa shape index (κ1) is 13.6. The molecule has 0 aliphatic heterocycles. The van der Waals surface area contributed by atoms with Gasteiger partial charge in [0.05, 0.1) is 5.75 Å². The summed E-state index contributed by atoms with van der Waals surface area (Å²) in [5.41, 5.74) is -0.0381. The Morgan fingerprint density at radius 3 is 2.58 bits per heavy atom. The van der Waals surface area contributed by atoms with Gasteiger partial charge >= 0.3 is 0 Å². The van der Waals surface area contributed by atoms with Crippen molar-refractivity contribution >= 4 is 27.3 Å². The summed E-state index contributed by atoms with van der Waals surface area (Å²) in [6, 6.07) is 9.58. The summed E-state index contributed by atoms with van der Waals surface area (Å²) in [6.07, 6.45) is 1.42. The Balaban J connectivity index is 2.23. The van der Waals surface area contributed by atoms with E-state index in [1.165, 1.54) is 18.3 Å². The minimum atomic E-state index is -3.69. The van der Waals surface area contributed by atoms with E-state index in [1.54, 1.807) is 24.3 Å². The van der Waals surface area contributed by atoms with Gasteiger partial charge in [0.15, 0.2) is 0 Å². The summed E-state index contributed by atoms with van der Waals surface area (Å²) < 4.78 is 26.1. The molecular formula is C12H11ClN2O3S. The molecule has 0 radical (unpaired) electrons. The summed E-state index contributed by atoms with van der Waals surface area (Å²) in [7, 11) is -3.69. The molecule has 5 nitrogen and oxygen atoms in total. The molecule has 0 atom stereocenters. The third-order valence-electron chi connectivity index (χ3n) is 2.39. The Kier molecular flexibility index (Phi) is 3.92. The van der Waals surface area contributed by atoms with E-state index in [2.05, 4.69) is 9.71 Å². The van der Waals surface area contributed by atoms with Crippen LogP contribution in [-0.2, 0) is 15.8 Å². The maximum absolute atomic E-state index is 12.0. The SMILES string of the molecule is O=c1[nH]cccc1NS(=O)(=O)Cc1ccccc1Cl. The number of hydrogen-bond donors (Lipinski definition) is 2. The quantitative estimate of drug-likeness (QED) is 0.906. The average molecular weight is 299 g/mol. The van der Waals surface area contributed by atoms with E-state index in [9.17, 15) is 13.2 Å². The van der Waals surface area contributed by atoms with E-state index in [0.29, 0.717) is 10.6 Å². The average Bonchev–Trinajstić information content (AvgIpc) is 2.35. The lowest BCUT2D eigenvalue weighted by molar-refractivity contribution is 0.600. The van der Waals surface area contributed by atoms with Gasteiger partial charge in [-0.3, -0.25) is 9.52 Å². The normalized spacial score (nSPS) is 11.2. The predicted octanol–water partition coefficient (Wildman–Crippen LogP) is 1.97. The number of aromatic amines is 1. The molecule has 2 rings (SSSR count). The number of rotatable bonds is 4. The molecule has 0 aliphatic rings. The largest absolute Gasteiger partial charge is 0.327 e. The van der Waals surface area contributed by atoms with Gasteiger partial charge in [-0.05, 0) is 23.8 Å². The Morgan fingerprint density at radius 2 is 1.89 bits per heavy atom. The number of H-pyrrole nitrogens is 1. The van der Waals surface area contributed by atoms with Crippen molar-refractivity contribution in [3.05, 3.63) is 63.5 Å². The molecule has 7 heteroatoms. The van der Waals surface area contributed by atoms with Crippen molar-refractivity contribution in [2.24, 2.45) is 0 Å². The summed E-state index contributed by atoms with van der Waals surface area (Å²) in [5, 5.41) is 0.370. The number of halogens is 1. The topological polar surface area (TPSA) is 79.0 Å². The summed E-state index contributed by atoms with van der Waals surface area (Å²) in [6.45, 7) is 0. The monoisotopic (exact) mass is 298 g/mol. The number of benzene rings is 1. The maximum atomic E-state index is 12.0. The van der Waals surface area contributed by atoms with Crippen LogP contribution in [0.4, 0.5) is 5.69 Å². The third kappa shape index (κ3) is 3.59. The molecule has 2 aromatic rings. The number of pyridine rings is 1. The molecule has 0 saturated carbocycles. The molecule has 0 fully saturated rings. The van der Waals surface area contributed by atoms with E-state index in [4.69, 9.17) is 11.6 Å². The molecule has 0 bridgehead atoms. The fraction of sp³-hybridized carbons (Fsp3) is 0.0833. The standard InChI is InChI=1S/C12H11ClN2O3S/c13-10-5-2-1-4-9(10)8-19(17,18)15-11-6-3-7-14-12(11)16/h1-7,15H,8H2,(H,14,16). The highest BCUT2D eigenvalue weighted by molar-refractivity contribution is 7.91. The first-order chi connectivity index (χ1) is 8.98. The van der Waals surface area contributed by atoms with Gasteiger partial charge in [0, 0.05) is 11.2 Å². The van der Waals surface area contributed by atoms with Gasteiger partial charge < -0.3 is 4.98 Å². The first-order valence-electron chi connectivity index (χ1n) is 5.39. The van der Waals surface area contributed by atoms with Crippen molar-refractivity contribution in [2.75, 3.05) is 4.72 Å². The van der Waals surface area contributed by atoms with Gasteiger partial charge in [-0.25, -0.2) is 8.42 Å². The van der Waals surface area contributed by atoms with Crippen molar-refractivity contribution in [1.82, 2.24) is 4.98 Å². The van der Waals surface area contributed by atoms with Crippen LogP contribution in [0.25, 0.3) is 0 Å². The fourth-order valence-corrected chi connectivity index (χ4v) is 3.04. The van der Waals surface area contributed by atoms with Crippen LogP contribution in [-0.4, -0.2) is 13.4 Å². The Morgan fingerprint density at radius 1 is 1.16 bits per heavy atom. The molecule has 0 amide bonds. The molecular weight excluding hydrogens is 288 g/mol. The second-order valence-electron chi connectivity index (χ2n) is 3.87. The van der Waals surface area contributed by atoms with Crippen molar-refractivity contribution in [2.45, 2.75) is 5.75 Å². The summed E-state index contributed by atoms with van der Waals surface area (Å²) in [4.78, 5) is 13.8. The zero-order valence-corrected chi connectivity index (χ0v) is 11.3. The lowest BCUT2D eigenvalue weighted by atomic mass is 10.2. The van der Waals surface area contributed by atoms with Crippen molar-refractivity contribution < 1.29 is 8.42 Å². The summed E-state index contributed by atoms with van der Waals surface area (Å²) in [5.74, 6) is -0.291.